The fourth-order valence-electron chi connectivity index (χ4n) is 1.62. The van der Waals surface area contributed by atoms with Gasteiger partial charge < -0.3 is 15.2 Å². The van der Waals surface area contributed by atoms with Crippen molar-refractivity contribution < 1.29 is 17.9 Å². The highest BCUT2D eigenvalue weighted by molar-refractivity contribution is 7.89. The molecule has 0 amide bonds. The molecule has 6 nitrogen and oxygen atoms in total. The van der Waals surface area contributed by atoms with Crippen LogP contribution in [-0.4, -0.2) is 41.3 Å². The Labute approximate surface area is 120 Å². The van der Waals surface area contributed by atoms with Crippen LogP contribution < -0.4 is 15.2 Å². The van der Waals surface area contributed by atoms with E-state index in [1.807, 2.05) is 6.92 Å². The maximum atomic E-state index is 12.2. The molecule has 1 aromatic rings. The fraction of sp³-hybridized carbons (Fsp3) is 0.538. The highest BCUT2D eigenvalue weighted by Gasteiger charge is 2.18. The summed E-state index contributed by atoms with van der Waals surface area (Å²) in [5.74, 6) is 0.596. The molecule has 1 rings (SSSR count). The van der Waals surface area contributed by atoms with Gasteiger partial charge in [-0.1, -0.05) is 6.92 Å². The minimum atomic E-state index is -3.54. The van der Waals surface area contributed by atoms with Gasteiger partial charge in [0.05, 0.1) is 11.5 Å². The zero-order chi connectivity index (χ0) is 15.0. The van der Waals surface area contributed by atoms with Crippen molar-refractivity contribution in [1.29, 1.82) is 0 Å². The standard InChI is InChI=1S/C13H22N2O4S/c1-3-11(10-18-2)15-20(16,17)13-6-4-12(5-7-13)19-9-8-14/h4-7,11,15H,3,8-10,14H2,1-2H3. The molecule has 1 atom stereocenters. The van der Waals surface area contributed by atoms with Gasteiger partial charge in [0.1, 0.15) is 12.4 Å². The summed E-state index contributed by atoms with van der Waals surface area (Å²) in [5.41, 5.74) is 5.33. The normalized spacial score (nSPS) is 13.2. The lowest BCUT2D eigenvalue weighted by Gasteiger charge is -2.16. The van der Waals surface area contributed by atoms with Crippen LogP contribution in [0, 0.1) is 0 Å². The van der Waals surface area contributed by atoms with E-state index in [0.717, 1.165) is 0 Å². The number of hydrogen-bond donors (Lipinski definition) is 2. The SMILES string of the molecule is CCC(COC)NS(=O)(=O)c1ccc(OCCN)cc1. The third kappa shape index (κ3) is 5.09. The van der Waals surface area contributed by atoms with Crippen molar-refractivity contribution in [3.8, 4) is 5.75 Å². The van der Waals surface area contributed by atoms with Crippen LogP contribution in [-0.2, 0) is 14.8 Å². The average molecular weight is 302 g/mol. The van der Waals surface area contributed by atoms with Gasteiger partial charge in [-0.25, -0.2) is 13.1 Å². The number of ether oxygens (including phenoxy) is 2. The summed E-state index contributed by atoms with van der Waals surface area (Å²) in [5, 5.41) is 0. The number of benzene rings is 1. The smallest absolute Gasteiger partial charge is 0.240 e. The van der Waals surface area contributed by atoms with Gasteiger partial charge in [0, 0.05) is 19.7 Å². The van der Waals surface area contributed by atoms with Gasteiger partial charge in [0.15, 0.2) is 0 Å². The van der Waals surface area contributed by atoms with E-state index in [-0.39, 0.29) is 10.9 Å². The van der Waals surface area contributed by atoms with E-state index in [2.05, 4.69) is 4.72 Å². The molecule has 7 heteroatoms. The van der Waals surface area contributed by atoms with Crippen LogP contribution in [0.1, 0.15) is 13.3 Å². The summed E-state index contributed by atoms with van der Waals surface area (Å²) < 4.78 is 37.2. The van der Waals surface area contributed by atoms with Crippen LogP contribution in [0.3, 0.4) is 0 Å². The molecule has 0 aliphatic heterocycles. The predicted molar refractivity (Wildman–Crippen MR) is 77.3 cm³/mol. The van der Waals surface area contributed by atoms with Gasteiger partial charge >= 0.3 is 0 Å². The molecule has 0 saturated heterocycles. The molecule has 20 heavy (non-hydrogen) atoms. The van der Waals surface area contributed by atoms with E-state index in [9.17, 15) is 8.42 Å². The molecule has 0 saturated carbocycles. The molecule has 1 unspecified atom stereocenters. The maximum absolute atomic E-state index is 12.2. The third-order valence-corrected chi connectivity index (χ3v) is 4.24. The van der Waals surface area contributed by atoms with E-state index in [1.54, 1.807) is 19.2 Å². The van der Waals surface area contributed by atoms with E-state index < -0.39 is 10.0 Å². The van der Waals surface area contributed by atoms with Crippen LogP contribution in [0.25, 0.3) is 0 Å². The van der Waals surface area contributed by atoms with Crippen molar-refractivity contribution in [2.45, 2.75) is 24.3 Å². The molecule has 0 aliphatic rings. The number of rotatable bonds is 9. The Kier molecular flexibility index (Phi) is 6.94. The van der Waals surface area contributed by atoms with Crippen molar-refractivity contribution in [2.75, 3.05) is 26.9 Å². The first kappa shape index (κ1) is 16.9. The molecule has 1 aromatic carbocycles. The van der Waals surface area contributed by atoms with Crippen LogP contribution in [0.15, 0.2) is 29.2 Å². The molecule has 0 bridgehead atoms. The topological polar surface area (TPSA) is 90.6 Å². The lowest BCUT2D eigenvalue weighted by molar-refractivity contribution is 0.173. The molecule has 0 radical (unpaired) electrons. The summed E-state index contributed by atoms with van der Waals surface area (Å²) in [4.78, 5) is 0.201. The Morgan fingerprint density at radius 3 is 2.45 bits per heavy atom. The number of nitrogens with one attached hydrogen (secondary N) is 1. The third-order valence-electron chi connectivity index (χ3n) is 2.70. The summed E-state index contributed by atoms with van der Waals surface area (Å²) >= 11 is 0. The number of nitrogens with two attached hydrogens (primary N) is 1. The van der Waals surface area contributed by atoms with Crippen molar-refractivity contribution in [3.05, 3.63) is 24.3 Å². The summed E-state index contributed by atoms with van der Waals surface area (Å²) in [6, 6.07) is 6.00. The lowest BCUT2D eigenvalue weighted by atomic mass is 10.3. The van der Waals surface area contributed by atoms with E-state index in [0.29, 0.717) is 31.9 Å². The monoisotopic (exact) mass is 302 g/mol. The minimum absolute atomic E-state index is 0.201. The first-order chi connectivity index (χ1) is 9.53. The average Bonchev–Trinajstić information content (AvgIpc) is 2.45. The number of sulfonamides is 1. The van der Waals surface area contributed by atoms with Gasteiger partial charge in [-0.15, -0.1) is 0 Å². The quantitative estimate of drug-likeness (QED) is 0.701. The molecule has 0 heterocycles. The largest absolute Gasteiger partial charge is 0.492 e. The van der Waals surface area contributed by atoms with Gasteiger partial charge in [-0.05, 0) is 30.7 Å². The zero-order valence-corrected chi connectivity index (χ0v) is 12.7. The molecule has 0 aromatic heterocycles. The highest BCUT2D eigenvalue weighted by Crippen LogP contribution is 2.16. The molecule has 0 fully saturated rings. The number of hydrogen-bond acceptors (Lipinski definition) is 5. The predicted octanol–water partition coefficient (Wildman–Crippen LogP) is 0.727. The van der Waals surface area contributed by atoms with Gasteiger partial charge in [-0.3, -0.25) is 0 Å². The second-order valence-corrected chi connectivity index (χ2v) is 6.00. The van der Waals surface area contributed by atoms with Gasteiger partial charge in [0.25, 0.3) is 0 Å². The summed E-state index contributed by atoms with van der Waals surface area (Å²) in [6.07, 6.45) is 0.658. The second-order valence-electron chi connectivity index (χ2n) is 4.29. The van der Waals surface area contributed by atoms with Crippen LogP contribution in [0.4, 0.5) is 0 Å². The van der Waals surface area contributed by atoms with Crippen LogP contribution in [0.2, 0.25) is 0 Å². The molecule has 3 N–H and O–H groups in total. The van der Waals surface area contributed by atoms with E-state index >= 15 is 0 Å². The second kappa shape index (κ2) is 8.21. The Morgan fingerprint density at radius 2 is 1.95 bits per heavy atom. The van der Waals surface area contributed by atoms with Crippen molar-refractivity contribution >= 4 is 10.0 Å². The molecule has 0 spiro atoms. The summed E-state index contributed by atoms with van der Waals surface area (Å²) in [6.45, 7) is 3.05. The van der Waals surface area contributed by atoms with E-state index in [1.165, 1.54) is 12.1 Å². The number of methoxy groups -OCH3 is 1. The highest BCUT2D eigenvalue weighted by atomic mass is 32.2. The maximum Gasteiger partial charge on any atom is 0.240 e. The van der Waals surface area contributed by atoms with Crippen molar-refractivity contribution in [1.82, 2.24) is 4.72 Å². The Morgan fingerprint density at radius 1 is 1.30 bits per heavy atom. The summed E-state index contributed by atoms with van der Waals surface area (Å²) in [7, 11) is -2.00. The Balaban J connectivity index is 2.76. The Hall–Kier alpha value is -1.15. The molecular formula is C13H22N2O4S. The zero-order valence-electron chi connectivity index (χ0n) is 11.8. The van der Waals surface area contributed by atoms with Crippen molar-refractivity contribution in [3.63, 3.8) is 0 Å². The van der Waals surface area contributed by atoms with E-state index in [4.69, 9.17) is 15.2 Å². The van der Waals surface area contributed by atoms with Crippen LogP contribution >= 0.6 is 0 Å². The first-order valence-electron chi connectivity index (χ1n) is 6.47. The van der Waals surface area contributed by atoms with Crippen LogP contribution in [0.5, 0.6) is 5.75 Å². The lowest BCUT2D eigenvalue weighted by Crippen LogP contribution is -2.37. The van der Waals surface area contributed by atoms with Gasteiger partial charge in [-0.2, -0.15) is 0 Å². The van der Waals surface area contributed by atoms with Crippen molar-refractivity contribution in [2.24, 2.45) is 5.73 Å². The fourth-order valence-corrected chi connectivity index (χ4v) is 2.92. The molecule has 0 aliphatic carbocycles. The molecular weight excluding hydrogens is 280 g/mol. The molecule has 114 valence electrons. The Bertz CT molecular complexity index is 488. The first-order valence-corrected chi connectivity index (χ1v) is 7.96. The van der Waals surface area contributed by atoms with Gasteiger partial charge in [0.2, 0.25) is 10.0 Å². The minimum Gasteiger partial charge on any atom is -0.492 e.